The van der Waals surface area contributed by atoms with E-state index in [0.29, 0.717) is 5.56 Å². The lowest BCUT2D eigenvalue weighted by atomic mass is 10.00. The molecule has 3 heteroatoms. The van der Waals surface area contributed by atoms with E-state index in [2.05, 4.69) is 0 Å². The first-order valence-corrected chi connectivity index (χ1v) is 5.40. The van der Waals surface area contributed by atoms with Gasteiger partial charge in [-0.2, -0.15) is 0 Å². The molecule has 0 aromatic heterocycles. The summed E-state index contributed by atoms with van der Waals surface area (Å²) in [6.45, 7) is 3.91. The molecule has 0 aliphatic rings. The molecule has 0 unspecified atom stereocenters. The van der Waals surface area contributed by atoms with E-state index >= 15 is 0 Å². The van der Waals surface area contributed by atoms with Crippen molar-refractivity contribution in [2.45, 2.75) is 13.8 Å². The van der Waals surface area contributed by atoms with Gasteiger partial charge in [0, 0.05) is 6.07 Å². The monoisotopic (exact) mass is 227 g/mol. The average molecular weight is 227 g/mol. The molecule has 0 N–H and O–H groups in total. The van der Waals surface area contributed by atoms with Gasteiger partial charge >= 0.3 is 0 Å². The molecule has 86 valence electrons. The van der Waals surface area contributed by atoms with Crippen LogP contribution in [0.4, 0.5) is 5.69 Å². The highest BCUT2D eigenvalue weighted by Gasteiger charge is 2.14. The third-order valence-electron chi connectivity index (χ3n) is 2.68. The van der Waals surface area contributed by atoms with Crippen molar-refractivity contribution in [1.29, 1.82) is 0 Å². The van der Waals surface area contributed by atoms with Crippen LogP contribution in [-0.4, -0.2) is 4.92 Å². The summed E-state index contributed by atoms with van der Waals surface area (Å²) in [6, 6.07) is 12.9. The number of hydrogen-bond donors (Lipinski definition) is 0. The number of aryl methyl sites for hydroxylation is 2. The Morgan fingerprint density at radius 3 is 2.35 bits per heavy atom. The van der Waals surface area contributed by atoms with Crippen LogP contribution >= 0.6 is 0 Å². The normalized spacial score (nSPS) is 10.2. The highest BCUT2D eigenvalue weighted by atomic mass is 16.6. The molecule has 0 saturated heterocycles. The second-order valence-electron chi connectivity index (χ2n) is 4.15. The van der Waals surface area contributed by atoms with E-state index < -0.39 is 0 Å². The Morgan fingerprint density at radius 2 is 1.71 bits per heavy atom. The molecule has 0 saturated carbocycles. The third kappa shape index (κ3) is 2.33. The smallest absolute Gasteiger partial charge is 0.258 e. The summed E-state index contributed by atoms with van der Waals surface area (Å²) in [5, 5.41) is 11.0. The molecular formula is C14H13NO2. The van der Waals surface area contributed by atoms with Crippen molar-refractivity contribution < 1.29 is 4.92 Å². The molecule has 0 aliphatic carbocycles. The molecule has 0 atom stereocenters. The van der Waals surface area contributed by atoms with Crippen LogP contribution in [0, 0.1) is 24.0 Å². The zero-order chi connectivity index (χ0) is 12.4. The number of hydrogen-bond acceptors (Lipinski definition) is 2. The van der Waals surface area contributed by atoms with Crippen molar-refractivity contribution >= 4 is 5.69 Å². The van der Waals surface area contributed by atoms with E-state index in [4.69, 9.17) is 0 Å². The maximum absolute atomic E-state index is 11.0. The van der Waals surface area contributed by atoms with Gasteiger partial charge in [0.2, 0.25) is 0 Å². The fraction of sp³-hybridized carbons (Fsp3) is 0.143. The highest BCUT2D eigenvalue weighted by Crippen LogP contribution is 2.30. The second-order valence-corrected chi connectivity index (χ2v) is 4.15. The van der Waals surface area contributed by atoms with Gasteiger partial charge in [-0.15, -0.1) is 0 Å². The first-order chi connectivity index (χ1) is 8.08. The molecule has 0 heterocycles. The third-order valence-corrected chi connectivity index (χ3v) is 2.68. The van der Waals surface area contributed by atoms with Crippen LogP contribution in [0.5, 0.6) is 0 Å². The quantitative estimate of drug-likeness (QED) is 0.577. The van der Waals surface area contributed by atoms with Gasteiger partial charge < -0.3 is 0 Å². The number of nitro groups is 1. The van der Waals surface area contributed by atoms with E-state index in [9.17, 15) is 10.1 Å². The predicted octanol–water partition coefficient (Wildman–Crippen LogP) is 3.88. The SMILES string of the molecule is Cc1cccc(-c2cc(C)ccc2[N+](=O)[O-])c1. The second kappa shape index (κ2) is 4.37. The first-order valence-electron chi connectivity index (χ1n) is 5.40. The molecule has 0 fully saturated rings. The lowest BCUT2D eigenvalue weighted by Gasteiger charge is -2.05. The van der Waals surface area contributed by atoms with Crippen molar-refractivity contribution in [2.24, 2.45) is 0 Å². The number of nitrogens with zero attached hydrogens (tertiary/aromatic N) is 1. The standard InChI is InChI=1S/C14H13NO2/c1-10-4-3-5-12(8-10)13-9-11(2)6-7-14(13)15(16)17/h3-9H,1-2H3. The van der Waals surface area contributed by atoms with Gasteiger partial charge in [0.15, 0.2) is 0 Å². The molecule has 3 nitrogen and oxygen atoms in total. The lowest BCUT2D eigenvalue weighted by Crippen LogP contribution is -1.92. The number of benzene rings is 2. The van der Waals surface area contributed by atoms with E-state index in [1.54, 1.807) is 12.1 Å². The van der Waals surface area contributed by atoms with Crippen molar-refractivity contribution in [2.75, 3.05) is 0 Å². The number of nitro benzene ring substituents is 1. The summed E-state index contributed by atoms with van der Waals surface area (Å²) in [4.78, 5) is 10.7. The van der Waals surface area contributed by atoms with Gasteiger partial charge in [0.05, 0.1) is 10.5 Å². The van der Waals surface area contributed by atoms with Gasteiger partial charge in [0.25, 0.3) is 5.69 Å². The Morgan fingerprint density at radius 1 is 1.00 bits per heavy atom. The van der Waals surface area contributed by atoms with Gasteiger partial charge in [-0.05, 0) is 25.5 Å². The Labute approximate surface area is 99.9 Å². The van der Waals surface area contributed by atoms with E-state index in [-0.39, 0.29) is 10.6 Å². The molecule has 17 heavy (non-hydrogen) atoms. The van der Waals surface area contributed by atoms with E-state index in [1.165, 1.54) is 0 Å². The lowest BCUT2D eigenvalue weighted by molar-refractivity contribution is -0.384. The van der Waals surface area contributed by atoms with Crippen molar-refractivity contribution in [1.82, 2.24) is 0 Å². The first kappa shape index (κ1) is 11.3. The summed E-state index contributed by atoms with van der Waals surface area (Å²) < 4.78 is 0. The minimum atomic E-state index is -0.336. The minimum Gasteiger partial charge on any atom is -0.258 e. The Hall–Kier alpha value is -2.16. The molecule has 2 aromatic rings. The van der Waals surface area contributed by atoms with Crippen molar-refractivity contribution in [3.05, 3.63) is 63.7 Å². The van der Waals surface area contributed by atoms with Crippen LogP contribution in [0.1, 0.15) is 11.1 Å². The molecule has 0 amide bonds. The summed E-state index contributed by atoms with van der Waals surface area (Å²) >= 11 is 0. The molecule has 0 bridgehead atoms. The van der Waals surface area contributed by atoms with Crippen molar-refractivity contribution in [3.63, 3.8) is 0 Å². The predicted molar refractivity (Wildman–Crippen MR) is 68.0 cm³/mol. The molecular weight excluding hydrogens is 214 g/mol. The van der Waals surface area contributed by atoms with Crippen molar-refractivity contribution in [3.8, 4) is 11.1 Å². The molecule has 2 rings (SSSR count). The number of rotatable bonds is 2. The summed E-state index contributed by atoms with van der Waals surface area (Å²) in [5.41, 5.74) is 3.84. The van der Waals surface area contributed by atoms with Crippen LogP contribution in [0.15, 0.2) is 42.5 Å². The minimum absolute atomic E-state index is 0.154. The fourth-order valence-corrected chi connectivity index (χ4v) is 1.85. The average Bonchev–Trinajstić information content (AvgIpc) is 2.28. The fourth-order valence-electron chi connectivity index (χ4n) is 1.85. The van der Waals surface area contributed by atoms with Gasteiger partial charge in [-0.1, -0.05) is 41.5 Å². The van der Waals surface area contributed by atoms with Crippen LogP contribution in [0.25, 0.3) is 11.1 Å². The zero-order valence-electron chi connectivity index (χ0n) is 9.81. The zero-order valence-corrected chi connectivity index (χ0v) is 9.81. The molecule has 0 radical (unpaired) electrons. The van der Waals surface area contributed by atoms with Gasteiger partial charge in [-0.3, -0.25) is 10.1 Å². The summed E-state index contributed by atoms with van der Waals surface area (Å²) in [5.74, 6) is 0. The molecule has 0 spiro atoms. The van der Waals surface area contributed by atoms with Crippen LogP contribution in [-0.2, 0) is 0 Å². The topological polar surface area (TPSA) is 43.1 Å². The Kier molecular flexibility index (Phi) is 2.91. The van der Waals surface area contributed by atoms with Gasteiger partial charge in [-0.25, -0.2) is 0 Å². The maximum atomic E-state index is 11.0. The van der Waals surface area contributed by atoms with Gasteiger partial charge in [0.1, 0.15) is 0 Å². The molecule has 0 aliphatic heterocycles. The van der Waals surface area contributed by atoms with E-state index in [0.717, 1.165) is 16.7 Å². The maximum Gasteiger partial charge on any atom is 0.277 e. The van der Waals surface area contributed by atoms with Crippen LogP contribution in [0.3, 0.4) is 0 Å². The molecule has 2 aromatic carbocycles. The summed E-state index contributed by atoms with van der Waals surface area (Å²) in [7, 11) is 0. The van der Waals surface area contributed by atoms with Crippen LogP contribution < -0.4 is 0 Å². The summed E-state index contributed by atoms with van der Waals surface area (Å²) in [6.07, 6.45) is 0. The van der Waals surface area contributed by atoms with E-state index in [1.807, 2.05) is 44.2 Å². The Bertz CT molecular complexity index is 576. The largest absolute Gasteiger partial charge is 0.277 e. The van der Waals surface area contributed by atoms with Crippen LogP contribution in [0.2, 0.25) is 0 Å². The highest BCUT2D eigenvalue weighted by molar-refractivity contribution is 5.74. The Balaban J connectivity index is 2.65.